The second-order valence-corrected chi connectivity index (χ2v) is 6.79. The molecule has 0 amide bonds. The molecular weight excluding hydrogens is 312 g/mol. The smallest absolute Gasteiger partial charge is 0.161 e. The number of aliphatic imine (C=N–C) groups is 1. The van der Waals surface area contributed by atoms with E-state index < -0.39 is 0 Å². The molecule has 0 radical (unpaired) electrons. The first-order valence-corrected chi connectivity index (χ1v) is 7.60. The lowest BCUT2D eigenvalue weighted by Gasteiger charge is -2.23. The van der Waals surface area contributed by atoms with Crippen LogP contribution in [0, 0.1) is 0 Å². The van der Waals surface area contributed by atoms with Gasteiger partial charge in [0.2, 0.25) is 0 Å². The second kappa shape index (κ2) is 5.97. The number of benzene rings is 1. The van der Waals surface area contributed by atoms with Gasteiger partial charge in [0.05, 0.1) is 13.2 Å². The number of amidine groups is 1. The van der Waals surface area contributed by atoms with Crippen molar-refractivity contribution < 1.29 is 4.74 Å². The summed E-state index contributed by atoms with van der Waals surface area (Å²) >= 11 is 5.26. The lowest BCUT2D eigenvalue weighted by molar-refractivity contribution is 0.415. The van der Waals surface area contributed by atoms with Gasteiger partial charge < -0.3 is 10.1 Å². The number of anilines is 1. The van der Waals surface area contributed by atoms with Crippen LogP contribution in [0.1, 0.15) is 20.3 Å². The van der Waals surface area contributed by atoms with E-state index >= 15 is 0 Å². The normalized spacial score (nSPS) is 23.4. The molecule has 2 unspecified atom stereocenters. The molecule has 0 fully saturated rings. The molecule has 0 bridgehead atoms. The Morgan fingerprint density at radius 3 is 2.83 bits per heavy atom. The molecule has 3 nitrogen and oxygen atoms in total. The first-order valence-electron chi connectivity index (χ1n) is 5.93. The molecule has 0 saturated carbocycles. The topological polar surface area (TPSA) is 33.6 Å². The highest BCUT2D eigenvalue weighted by molar-refractivity contribution is 9.10. The zero-order valence-electron chi connectivity index (χ0n) is 10.7. The third kappa shape index (κ3) is 3.65. The molecule has 1 N–H and O–H groups in total. The molecule has 0 aliphatic carbocycles. The highest BCUT2D eigenvalue weighted by Gasteiger charge is 2.18. The SMILES string of the molecule is COc1cc(Br)cc(NC2=NC(C)CC(C)S2)c1. The number of thioether (sulfide) groups is 1. The molecule has 1 heterocycles. The Hall–Kier alpha value is -0.680. The molecule has 5 heteroatoms. The average molecular weight is 329 g/mol. The van der Waals surface area contributed by atoms with Crippen molar-refractivity contribution in [2.75, 3.05) is 12.4 Å². The highest BCUT2D eigenvalue weighted by atomic mass is 79.9. The molecular formula is C13H17BrN2OS. The van der Waals surface area contributed by atoms with E-state index in [1.54, 1.807) is 18.9 Å². The number of nitrogens with zero attached hydrogens (tertiary/aromatic N) is 1. The zero-order chi connectivity index (χ0) is 13.1. The minimum absolute atomic E-state index is 0.387. The molecule has 98 valence electrons. The predicted octanol–water partition coefficient (Wildman–Crippen LogP) is 4.14. The maximum absolute atomic E-state index is 5.25. The van der Waals surface area contributed by atoms with E-state index in [4.69, 9.17) is 4.74 Å². The quantitative estimate of drug-likeness (QED) is 0.885. The minimum atomic E-state index is 0.387. The molecule has 1 aliphatic rings. The standard InChI is InChI=1S/C13H17BrN2OS/c1-8-4-9(2)18-13(15-8)16-11-5-10(14)6-12(7-11)17-3/h5-9H,4H2,1-3H3,(H,15,16). The molecule has 18 heavy (non-hydrogen) atoms. The maximum atomic E-state index is 5.25. The van der Waals surface area contributed by atoms with Crippen molar-refractivity contribution in [1.82, 2.24) is 0 Å². The Kier molecular flexibility index (Phi) is 4.56. The number of ether oxygens (including phenoxy) is 1. The van der Waals surface area contributed by atoms with Crippen LogP contribution in [0.2, 0.25) is 0 Å². The maximum Gasteiger partial charge on any atom is 0.161 e. The first kappa shape index (κ1) is 13.7. The Labute approximate surface area is 121 Å². The van der Waals surface area contributed by atoms with Gasteiger partial charge in [-0.25, -0.2) is 0 Å². The van der Waals surface area contributed by atoms with Gasteiger partial charge in [-0.2, -0.15) is 0 Å². The van der Waals surface area contributed by atoms with Gasteiger partial charge in [-0.1, -0.05) is 34.6 Å². The van der Waals surface area contributed by atoms with Crippen LogP contribution in [0.15, 0.2) is 27.7 Å². The summed E-state index contributed by atoms with van der Waals surface area (Å²) in [5.41, 5.74) is 0.994. The average Bonchev–Trinajstić information content (AvgIpc) is 2.26. The Morgan fingerprint density at radius 2 is 2.17 bits per heavy atom. The number of halogens is 1. The summed E-state index contributed by atoms with van der Waals surface area (Å²) in [6, 6.07) is 6.32. The van der Waals surface area contributed by atoms with E-state index in [1.165, 1.54) is 0 Å². The van der Waals surface area contributed by atoms with Crippen molar-refractivity contribution in [3.63, 3.8) is 0 Å². The van der Waals surface area contributed by atoms with E-state index in [1.807, 2.05) is 18.2 Å². The molecule has 1 aromatic rings. The summed E-state index contributed by atoms with van der Waals surface area (Å²) in [5, 5.41) is 4.95. The third-order valence-electron chi connectivity index (χ3n) is 2.68. The monoisotopic (exact) mass is 328 g/mol. The number of hydrogen-bond acceptors (Lipinski definition) is 4. The highest BCUT2D eigenvalue weighted by Crippen LogP contribution is 2.29. The molecule has 0 spiro atoms. The van der Waals surface area contributed by atoms with Crippen LogP contribution in [-0.2, 0) is 0 Å². The Bertz CT molecular complexity index is 464. The van der Waals surface area contributed by atoms with Crippen molar-refractivity contribution in [3.8, 4) is 5.75 Å². The van der Waals surface area contributed by atoms with Crippen LogP contribution >= 0.6 is 27.7 Å². The summed E-state index contributed by atoms with van der Waals surface area (Å²) < 4.78 is 6.24. The summed E-state index contributed by atoms with van der Waals surface area (Å²) in [6.07, 6.45) is 1.14. The van der Waals surface area contributed by atoms with Crippen molar-refractivity contribution in [1.29, 1.82) is 0 Å². The fourth-order valence-corrected chi connectivity index (χ4v) is 3.59. The lowest BCUT2D eigenvalue weighted by atomic mass is 10.2. The van der Waals surface area contributed by atoms with E-state index in [2.05, 4.69) is 40.1 Å². The van der Waals surface area contributed by atoms with Gasteiger partial charge in [-0.05, 0) is 25.5 Å². The Balaban J connectivity index is 2.16. The van der Waals surface area contributed by atoms with E-state index in [0.717, 1.165) is 27.5 Å². The molecule has 1 aromatic carbocycles. The van der Waals surface area contributed by atoms with E-state index in [-0.39, 0.29) is 0 Å². The summed E-state index contributed by atoms with van der Waals surface area (Å²) in [6.45, 7) is 4.39. The van der Waals surface area contributed by atoms with Crippen LogP contribution in [-0.4, -0.2) is 23.6 Å². The van der Waals surface area contributed by atoms with Gasteiger partial charge >= 0.3 is 0 Å². The summed E-state index contributed by atoms with van der Waals surface area (Å²) in [4.78, 5) is 4.63. The van der Waals surface area contributed by atoms with Crippen LogP contribution < -0.4 is 10.1 Å². The van der Waals surface area contributed by atoms with Crippen LogP contribution in [0.4, 0.5) is 5.69 Å². The largest absolute Gasteiger partial charge is 0.497 e. The van der Waals surface area contributed by atoms with E-state index in [9.17, 15) is 0 Å². The summed E-state index contributed by atoms with van der Waals surface area (Å²) in [7, 11) is 1.67. The van der Waals surface area contributed by atoms with Crippen molar-refractivity contribution in [2.45, 2.75) is 31.6 Å². The Morgan fingerprint density at radius 1 is 1.39 bits per heavy atom. The fraction of sp³-hybridized carbons (Fsp3) is 0.462. The van der Waals surface area contributed by atoms with Crippen molar-refractivity contribution in [2.24, 2.45) is 4.99 Å². The fourth-order valence-electron chi connectivity index (χ4n) is 1.94. The number of methoxy groups -OCH3 is 1. The first-order chi connectivity index (χ1) is 8.56. The van der Waals surface area contributed by atoms with Crippen LogP contribution in [0.5, 0.6) is 5.75 Å². The molecule has 2 rings (SSSR count). The van der Waals surface area contributed by atoms with Crippen molar-refractivity contribution >= 4 is 38.5 Å². The predicted molar refractivity (Wildman–Crippen MR) is 82.9 cm³/mol. The third-order valence-corrected chi connectivity index (χ3v) is 4.17. The molecule has 1 aliphatic heterocycles. The zero-order valence-corrected chi connectivity index (χ0v) is 13.1. The van der Waals surface area contributed by atoms with E-state index in [0.29, 0.717) is 11.3 Å². The number of nitrogens with one attached hydrogen (secondary N) is 1. The van der Waals surface area contributed by atoms with Gasteiger partial charge in [0.1, 0.15) is 5.75 Å². The number of rotatable bonds is 2. The van der Waals surface area contributed by atoms with Gasteiger partial charge in [-0.3, -0.25) is 4.99 Å². The molecule has 2 atom stereocenters. The van der Waals surface area contributed by atoms with Crippen LogP contribution in [0.3, 0.4) is 0 Å². The van der Waals surface area contributed by atoms with Crippen molar-refractivity contribution in [3.05, 3.63) is 22.7 Å². The second-order valence-electron chi connectivity index (χ2n) is 4.45. The summed E-state index contributed by atoms with van der Waals surface area (Å²) in [5.74, 6) is 0.828. The van der Waals surface area contributed by atoms with Gasteiger partial charge in [0, 0.05) is 21.5 Å². The molecule has 0 saturated heterocycles. The van der Waals surface area contributed by atoms with Gasteiger partial charge in [0.25, 0.3) is 0 Å². The lowest BCUT2D eigenvalue weighted by Crippen LogP contribution is -2.22. The van der Waals surface area contributed by atoms with Gasteiger partial charge in [0.15, 0.2) is 5.17 Å². The number of hydrogen-bond donors (Lipinski definition) is 1. The minimum Gasteiger partial charge on any atom is -0.497 e. The van der Waals surface area contributed by atoms with Crippen LogP contribution in [0.25, 0.3) is 0 Å². The molecule has 0 aromatic heterocycles. The van der Waals surface area contributed by atoms with Gasteiger partial charge in [-0.15, -0.1) is 0 Å².